The van der Waals surface area contributed by atoms with E-state index >= 15 is 0 Å². The number of nitrogens with two attached hydrogens (primary N) is 1. The number of pyridine rings is 1. The monoisotopic (exact) mass is 326 g/mol. The van der Waals surface area contributed by atoms with Crippen molar-refractivity contribution in [3.8, 4) is 0 Å². The number of halogens is 3. The van der Waals surface area contributed by atoms with Crippen LogP contribution in [0, 0.1) is 5.82 Å². The van der Waals surface area contributed by atoms with Gasteiger partial charge in [0.25, 0.3) is 11.8 Å². The highest BCUT2D eigenvalue weighted by molar-refractivity contribution is 7.99. The SMILES string of the molecule is NC(=O)c1cccnc1SCCC(F)(F)c1ccc(F)cc1. The molecule has 0 radical (unpaired) electrons. The van der Waals surface area contributed by atoms with Crippen LogP contribution in [0.3, 0.4) is 0 Å². The van der Waals surface area contributed by atoms with Crippen LogP contribution in [-0.4, -0.2) is 16.6 Å². The maximum atomic E-state index is 14.0. The van der Waals surface area contributed by atoms with Gasteiger partial charge in [0.05, 0.1) is 5.56 Å². The third-order valence-electron chi connectivity index (χ3n) is 2.96. The van der Waals surface area contributed by atoms with E-state index in [9.17, 15) is 18.0 Å². The molecule has 0 fully saturated rings. The van der Waals surface area contributed by atoms with Gasteiger partial charge in [-0.05, 0) is 24.3 Å². The first-order chi connectivity index (χ1) is 10.4. The van der Waals surface area contributed by atoms with E-state index in [0.717, 1.165) is 36.0 Å². The zero-order valence-electron chi connectivity index (χ0n) is 11.4. The van der Waals surface area contributed by atoms with Crippen molar-refractivity contribution in [1.82, 2.24) is 4.98 Å². The average molecular weight is 326 g/mol. The highest BCUT2D eigenvalue weighted by Crippen LogP contribution is 2.34. The van der Waals surface area contributed by atoms with Gasteiger partial charge in [-0.2, -0.15) is 0 Å². The molecule has 0 atom stereocenters. The molecule has 0 aliphatic heterocycles. The van der Waals surface area contributed by atoms with Crippen LogP contribution in [0.5, 0.6) is 0 Å². The molecule has 7 heteroatoms. The summed E-state index contributed by atoms with van der Waals surface area (Å²) < 4.78 is 40.8. The van der Waals surface area contributed by atoms with E-state index in [1.54, 1.807) is 6.07 Å². The van der Waals surface area contributed by atoms with Gasteiger partial charge < -0.3 is 5.73 Å². The average Bonchev–Trinajstić information content (AvgIpc) is 2.48. The minimum Gasteiger partial charge on any atom is -0.366 e. The van der Waals surface area contributed by atoms with Crippen LogP contribution in [0.25, 0.3) is 0 Å². The van der Waals surface area contributed by atoms with Gasteiger partial charge in [0.1, 0.15) is 10.8 Å². The standard InChI is InChI=1S/C15H13F3N2OS/c16-11-5-3-10(4-6-11)15(17,18)7-9-22-14-12(13(19)21)2-1-8-20-14/h1-6,8H,7,9H2,(H2,19,21). The third-order valence-corrected chi connectivity index (χ3v) is 3.97. The van der Waals surface area contributed by atoms with Crippen LogP contribution in [0.2, 0.25) is 0 Å². The van der Waals surface area contributed by atoms with Gasteiger partial charge in [-0.3, -0.25) is 4.79 Å². The van der Waals surface area contributed by atoms with Crippen molar-refractivity contribution in [2.24, 2.45) is 5.73 Å². The smallest absolute Gasteiger partial charge is 0.274 e. The molecule has 0 bridgehead atoms. The van der Waals surface area contributed by atoms with Crippen molar-refractivity contribution < 1.29 is 18.0 Å². The van der Waals surface area contributed by atoms with Gasteiger partial charge >= 0.3 is 0 Å². The number of hydrogen-bond acceptors (Lipinski definition) is 3. The van der Waals surface area contributed by atoms with E-state index in [2.05, 4.69) is 4.98 Å². The Hall–Kier alpha value is -2.02. The molecular weight excluding hydrogens is 313 g/mol. The summed E-state index contributed by atoms with van der Waals surface area (Å²) in [6.07, 6.45) is 1.00. The first-order valence-electron chi connectivity index (χ1n) is 6.41. The maximum absolute atomic E-state index is 14.0. The number of carbonyl (C=O) groups excluding carboxylic acids is 1. The molecule has 2 rings (SSSR count). The molecule has 0 aliphatic carbocycles. The second-order valence-electron chi connectivity index (χ2n) is 4.53. The summed E-state index contributed by atoms with van der Waals surface area (Å²) in [6.45, 7) is 0. The summed E-state index contributed by atoms with van der Waals surface area (Å²) >= 11 is 1.03. The topological polar surface area (TPSA) is 56.0 Å². The number of carbonyl (C=O) groups is 1. The Labute approximate surface area is 129 Å². The van der Waals surface area contributed by atoms with E-state index in [-0.39, 0.29) is 16.9 Å². The Balaban J connectivity index is 2.01. The van der Waals surface area contributed by atoms with Crippen LogP contribution in [-0.2, 0) is 5.92 Å². The fraction of sp³-hybridized carbons (Fsp3) is 0.200. The number of amides is 1. The summed E-state index contributed by atoms with van der Waals surface area (Å²) in [5.74, 6) is -4.25. The molecule has 0 saturated carbocycles. The van der Waals surface area contributed by atoms with E-state index in [0.29, 0.717) is 5.03 Å². The number of primary amides is 1. The molecule has 1 amide bonds. The molecule has 3 nitrogen and oxygen atoms in total. The molecule has 22 heavy (non-hydrogen) atoms. The number of thioether (sulfide) groups is 1. The lowest BCUT2D eigenvalue weighted by atomic mass is 10.1. The van der Waals surface area contributed by atoms with E-state index in [1.165, 1.54) is 12.3 Å². The van der Waals surface area contributed by atoms with Crippen molar-refractivity contribution in [3.05, 3.63) is 59.5 Å². The minimum atomic E-state index is -3.08. The number of rotatable bonds is 6. The van der Waals surface area contributed by atoms with Gasteiger partial charge in [-0.25, -0.2) is 18.2 Å². The number of aromatic nitrogens is 1. The molecule has 2 aromatic rings. The number of alkyl halides is 2. The zero-order chi connectivity index (χ0) is 16.2. The second-order valence-corrected chi connectivity index (χ2v) is 5.61. The van der Waals surface area contributed by atoms with Gasteiger partial charge in [0.2, 0.25) is 0 Å². The third kappa shape index (κ3) is 4.00. The Bertz CT molecular complexity index is 662. The molecule has 0 saturated heterocycles. The summed E-state index contributed by atoms with van der Waals surface area (Å²) in [4.78, 5) is 15.2. The highest BCUT2D eigenvalue weighted by Gasteiger charge is 2.31. The number of hydrogen-bond donors (Lipinski definition) is 1. The van der Waals surface area contributed by atoms with Gasteiger partial charge in [0, 0.05) is 23.9 Å². The number of benzene rings is 1. The summed E-state index contributed by atoms with van der Waals surface area (Å²) in [6, 6.07) is 7.18. The Morgan fingerprint density at radius 3 is 2.55 bits per heavy atom. The predicted molar refractivity (Wildman–Crippen MR) is 78.4 cm³/mol. The van der Waals surface area contributed by atoms with Crippen molar-refractivity contribution in [3.63, 3.8) is 0 Å². The van der Waals surface area contributed by atoms with E-state index < -0.39 is 24.1 Å². The molecule has 0 aliphatic rings. The van der Waals surface area contributed by atoms with Crippen molar-refractivity contribution >= 4 is 17.7 Å². The fourth-order valence-electron chi connectivity index (χ4n) is 1.81. The van der Waals surface area contributed by atoms with Crippen LogP contribution >= 0.6 is 11.8 Å². The van der Waals surface area contributed by atoms with Crippen LogP contribution in [0.15, 0.2) is 47.6 Å². The molecule has 2 N–H and O–H groups in total. The molecule has 1 aromatic carbocycles. The zero-order valence-corrected chi connectivity index (χ0v) is 12.2. The van der Waals surface area contributed by atoms with Gasteiger partial charge in [0.15, 0.2) is 0 Å². The summed E-state index contributed by atoms with van der Waals surface area (Å²) in [7, 11) is 0. The van der Waals surface area contributed by atoms with Gasteiger partial charge in [-0.1, -0.05) is 12.1 Å². The Morgan fingerprint density at radius 2 is 1.91 bits per heavy atom. The predicted octanol–water partition coefficient (Wildman–Crippen LogP) is 3.59. The molecule has 0 spiro atoms. The second kappa shape index (κ2) is 6.83. The largest absolute Gasteiger partial charge is 0.366 e. The molecule has 1 heterocycles. The van der Waals surface area contributed by atoms with Crippen LogP contribution in [0.1, 0.15) is 22.3 Å². The van der Waals surface area contributed by atoms with E-state index in [4.69, 9.17) is 5.73 Å². The maximum Gasteiger partial charge on any atom is 0.274 e. The van der Waals surface area contributed by atoms with E-state index in [1.807, 2.05) is 0 Å². The lowest BCUT2D eigenvalue weighted by molar-refractivity contribution is -0.00707. The van der Waals surface area contributed by atoms with Crippen LogP contribution in [0.4, 0.5) is 13.2 Å². The Kier molecular flexibility index (Phi) is 5.07. The molecule has 116 valence electrons. The highest BCUT2D eigenvalue weighted by atomic mass is 32.2. The van der Waals surface area contributed by atoms with Crippen molar-refractivity contribution in [2.75, 3.05) is 5.75 Å². The van der Waals surface area contributed by atoms with Crippen LogP contribution < -0.4 is 5.73 Å². The summed E-state index contributed by atoms with van der Waals surface area (Å²) in [5, 5.41) is 0.324. The lowest BCUT2D eigenvalue weighted by Crippen LogP contribution is -2.15. The molecule has 0 unspecified atom stereocenters. The van der Waals surface area contributed by atoms with Crippen molar-refractivity contribution in [2.45, 2.75) is 17.4 Å². The normalized spacial score (nSPS) is 11.4. The quantitative estimate of drug-likeness (QED) is 0.825. The molecular formula is C15H13F3N2OS. The Morgan fingerprint density at radius 1 is 1.23 bits per heavy atom. The summed E-state index contributed by atoms with van der Waals surface area (Å²) in [5.41, 5.74) is 5.16. The first kappa shape index (κ1) is 16.4. The first-order valence-corrected chi connectivity index (χ1v) is 7.40. The van der Waals surface area contributed by atoms with Gasteiger partial charge in [-0.15, -0.1) is 11.8 Å². The minimum absolute atomic E-state index is 0.0433. The molecule has 1 aromatic heterocycles. The van der Waals surface area contributed by atoms with Crippen molar-refractivity contribution in [1.29, 1.82) is 0 Å². The lowest BCUT2D eigenvalue weighted by Gasteiger charge is -2.16. The number of nitrogens with zero attached hydrogens (tertiary/aromatic N) is 1. The fourth-order valence-corrected chi connectivity index (χ4v) is 2.82.